The van der Waals surface area contributed by atoms with Crippen LogP contribution in [0.25, 0.3) is 0 Å². The molecular formula is C16H20N2O3. The van der Waals surface area contributed by atoms with Gasteiger partial charge >= 0.3 is 0 Å². The molecule has 1 aromatic carbocycles. The van der Waals surface area contributed by atoms with Crippen LogP contribution in [0, 0.1) is 0 Å². The summed E-state index contributed by atoms with van der Waals surface area (Å²) in [5, 5.41) is 16.6. The van der Waals surface area contributed by atoms with E-state index in [4.69, 9.17) is 14.3 Å². The lowest BCUT2D eigenvalue weighted by atomic mass is 9.92. The van der Waals surface area contributed by atoms with E-state index in [1.807, 2.05) is 6.07 Å². The zero-order valence-electron chi connectivity index (χ0n) is 12.0. The van der Waals surface area contributed by atoms with Crippen LogP contribution in [0.5, 0.6) is 5.75 Å². The van der Waals surface area contributed by atoms with Crippen molar-refractivity contribution in [3.63, 3.8) is 0 Å². The molecule has 0 spiro atoms. The minimum Gasteiger partial charge on any atom is -0.493 e. The van der Waals surface area contributed by atoms with Crippen LogP contribution >= 0.6 is 0 Å². The van der Waals surface area contributed by atoms with Crippen LogP contribution in [0.2, 0.25) is 0 Å². The van der Waals surface area contributed by atoms with Gasteiger partial charge in [-0.15, -0.1) is 10.2 Å². The van der Waals surface area contributed by atoms with Crippen LogP contribution in [0.3, 0.4) is 0 Å². The fourth-order valence-corrected chi connectivity index (χ4v) is 2.64. The van der Waals surface area contributed by atoms with Crippen LogP contribution in [0.15, 0.2) is 22.6 Å². The second-order valence-corrected chi connectivity index (χ2v) is 5.30. The van der Waals surface area contributed by atoms with E-state index in [1.165, 1.54) is 30.4 Å². The number of nitrogens with zero attached hydrogens (tertiary/aromatic N) is 2. The first kappa shape index (κ1) is 14.1. The summed E-state index contributed by atoms with van der Waals surface area (Å²) in [7, 11) is 0. The summed E-state index contributed by atoms with van der Waals surface area (Å²) in [6.07, 6.45) is 5.88. The van der Waals surface area contributed by atoms with Gasteiger partial charge in [-0.25, -0.2) is 0 Å². The van der Waals surface area contributed by atoms with Crippen LogP contribution in [0.4, 0.5) is 0 Å². The molecule has 21 heavy (non-hydrogen) atoms. The highest BCUT2D eigenvalue weighted by molar-refractivity contribution is 5.37. The molecule has 2 aromatic rings. The van der Waals surface area contributed by atoms with Crippen LogP contribution in [-0.2, 0) is 25.7 Å². The summed E-state index contributed by atoms with van der Waals surface area (Å²) < 4.78 is 11.2. The maximum atomic E-state index is 8.80. The second-order valence-electron chi connectivity index (χ2n) is 5.30. The molecule has 0 bridgehead atoms. The van der Waals surface area contributed by atoms with E-state index in [9.17, 15) is 0 Å². The molecule has 1 aliphatic rings. The third-order valence-electron chi connectivity index (χ3n) is 3.74. The highest BCUT2D eigenvalue weighted by atomic mass is 16.5. The standard InChI is InChI=1S/C16H20N2O3/c19-9-7-15-17-18-16(21-15)8-10-20-14-6-5-12-3-1-2-4-13(12)11-14/h5-6,11,19H,1-4,7-10H2. The Balaban J connectivity index is 1.52. The Hall–Kier alpha value is -1.88. The number of rotatable bonds is 6. The molecule has 0 aliphatic heterocycles. The van der Waals surface area contributed by atoms with E-state index in [0.717, 1.165) is 12.2 Å². The number of ether oxygens (including phenoxy) is 1. The van der Waals surface area contributed by atoms with Gasteiger partial charge in [-0.2, -0.15) is 0 Å². The van der Waals surface area contributed by atoms with E-state index in [-0.39, 0.29) is 6.61 Å². The molecule has 1 heterocycles. The lowest BCUT2D eigenvalue weighted by Gasteiger charge is -2.16. The van der Waals surface area contributed by atoms with Gasteiger partial charge in [0.25, 0.3) is 0 Å². The van der Waals surface area contributed by atoms with E-state index >= 15 is 0 Å². The van der Waals surface area contributed by atoms with Crippen molar-refractivity contribution < 1.29 is 14.3 Å². The first-order valence-electron chi connectivity index (χ1n) is 7.52. The topological polar surface area (TPSA) is 68.4 Å². The van der Waals surface area contributed by atoms with Crippen molar-refractivity contribution in [2.45, 2.75) is 38.5 Å². The molecule has 1 aliphatic carbocycles. The van der Waals surface area contributed by atoms with Gasteiger partial charge in [0, 0.05) is 6.42 Å². The predicted molar refractivity (Wildman–Crippen MR) is 77.4 cm³/mol. The van der Waals surface area contributed by atoms with Crippen LogP contribution in [0.1, 0.15) is 35.7 Å². The molecule has 0 fully saturated rings. The molecule has 5 nitrogen and oxygen atoms in total. The molecule has 0 saturated heterocycles. The minimum atomic E-state index is 0.0211. The molecule has 1 N–H and O–H groups in total. The highest BCUT2D eigenvalue weighted by Gasteiger charge is 2.10. The zero-order chi connectivity index (χ0) is 14.5. The van der Waals surface area contributed by atoms with Gasteiger partial charge in [0.15, 0.2) is 0 Å². The van der Waals surface area contributed by atoms with Crippen molar-refractivity contribution in [3.8, 4) is 5.75 Å². The zero-order valence-corrected chi connectivity index (χ0v) is 12.0. The summed E-state index contributed by atoms with van der Waals surface area (Å²) in [6, 6.07) is 6.37. The van der Waals surface area contributed by atoms with Gasteiger partial charge in [-0.3, -0.25) is 0 Å². The van der Waals surface area contributed by atoms with E-state index in [0.29, 0.717) is 31.2 Å². The third kappa shape index (κ3) is 3.61. The van der Waals surface area contributed by atoms with Crippen LogP contribution < -0.4 is 4.74 Å². The molecule has 0 saturated carbocycles. The third-order valence-corrected chi connectivity index (χ3v) is 3.74. The monoisotopic (exact) mass is 288 g/mol. The van der Waals surface area contributed by atoms with Gasteiger partial charge < -0.3 is 14.3 Å². The van der Waals surface area contributed by atoms with Crippen molar-refractivity contribution >= 4 is 0 Å². The number of aromatic nitrogens is 2. The summed E-state index contributed by atoms with van der Waals surface area (Å²) >= 11 is 0. The average molecular weight is 288 g/mol. The van der Waals surface area contributed by atoms with E-state index in [1.54, 1.807) is 0 Å². The van der Waals surface area contributed by atoms with Gasteiger partial charge in [0.2, 0.25) is 11.8 Å². The van der Waals surface area contributed by atoms with Crippen molar-refractivity contribution in [2.24, 2.45) is 0 Å². The normalized spacial score (nSPS) is 14.0. The van der Waals surface area contributed by atoms with Gasteiger partial charge in [0.1, 0.15) is 5.75 Å². The SMILES string of the molecule is OCCc1nnc(CCOc2ccc3c(c2)CCCC3)o1. The fraction of sp³-hybridized carbons (Fsp3) is 0.500. The summed E-state index contributed by atoms with van der Waals surface area (Å²) in [5.41, 5.74) is 2.88. The summed E-state index contributed by atoms with van der Waals surface area (Å²) in [6.45, 7) is 0.535. The number of hydrogen-bond acceptors (Lipinski definition) is 5. The minimum absolute atomic E-state index is 0.0211. The number of fused-ring (bicyclic) bond motifs is 1. The summed E-state index contributed by atoms with van der Waals surface area (Å²) in [5.74, 6) is 1.93. The van der Waals surface area contributed by atoms with Gasteiger partial charge in [-0.05, 0) is 48.9 Å². The van der Waals surface area contributed by atoms with Gasteiger partial charge in [0.05, 0.1) is 19.6 Å². The number of aryl methyl sites for hydroxylation is 2. The second kappa shape index (κ2) is 6.72. The molecule has 5 heteroatoms. The maximum absolute atomic E-state index is 8.80. The Morgan fingerprint density at radius 1 is 1.05 bits per heavy atom. The number of hydrogen-bond donors (Lipinski definition) is 1. The molecule has 1 aromatic heterocycles. The number of aliphatic hydroxyl groups excluding tert-OH is 1. The van der Waals surface area contributed by atoms with Gasteiger partial charge in [-0.1, -0.05) is 6.07 Å². The average Bonchev–Trinajstić information content (AvgIpc) is 2.95. The Morgan fingerprint density at radius 2 is 1.81 bits per heavy atom. The fourth-order valence-electron chi connectivity index (χ4n) is 2.64. The Morgan fingerprint density at radius 3 is 2.62 bits per heavy atom. The first-order valence-corrected chi connectivity index (χ1v) is 7.52. The highest BCUT2D eigenvalue weighted by Crippen LogP contribution is 2.25. The molecular weight excluding hydrogens is 268 g/mol. The molecule has 0 unspecified atom stereocenters. The number of aliphatic hydroxyl groups is 1. The van der Waals surface area contributed by atoms with Crippen LogP contribution in [-0.4, -0.2) is 28.5 Å². The Labute approximate surface area is 124 Å². The maximum Gasteiger partial charge on any atom is 0.219 e. The van der Waals surface area contributed by atoms with Crippen molar-refractivity contribution in [3.05, 3.63) is 41.1 Å². The summed E-state index contributed by atoms with van der Waals surface area (Å²) in [4.78, 5) is 0. The molecule has 0 atom stereocenters. The Bertz CT molecular complexity index is 595. The van der Waals surface area contributed by atoms with Crippen molar-refractivity contribution in [2.75, 3.05) is 13.2 Å². The molecule has 0 radical (unpaired) electrons. The molecule has 112 valence electrons. The lowest BCUT2D eigenvalue weighted by molar-refractivity contribution is 0.278. The molecule has 0 amide bonds. The number of benzene rings is 1. The molecule has 3 rings (SSSR count). The van der Waals surface area contributed by atoms with E-state index < -0.39 is 0 Å². The largest absolute Gasteiger partial charge is 0.493 e. The smallest absolute Gasteiger partial charge is 0.219 e. The Kier molecular flexibility index (Phi) is 4.50. The first-order chi connectivity index (χ1) is 10.3. The van der Waals surface area contributed by atoms with Crippen molar-refractivity contribution in [1.82, 2.24) is 10.2 Å². The quantitative estimate of drug-likeness (QED) is 0.881. The van der Waals surface area contributed by atoms with E-state index in [2.05, 4.69) is 22.3 Å². The predicted octanol–water partition coefficient (Wildman–Crippen LogP) is 2.10. The lowest BCUT2D eigenvalue weighted by Crippen LogP contribution is -2.05. The van der Waals surface area contributed by atoms with Crippen molar-refractivity contribution in [1.29, 1.82) is 0 Å².